The van der Waals surface area contributed by atoms with E-state index in [0.29, 0.717) is 35.6 Å². The summed E-state index contributed by atoms with van der Waals surface area (Å²) in [6, 6.07) is 11.3. The van der Waals surface area contributed by atoms with Crippen LogP contribution in [0.3, 0.4) is 0 Å². The van der Waals surface area contributed by atoms with Gasteiger partial charge in [0.2, 0.25) is 22.6 Å². The summed E-state index contributed by atoms with van der Waals surface area (Å²) in [7, 11) is -4.23. The van der Waals surface area contributed by atoms with Gasteiger partial charge in [-0.3, -0.25) is 9.69 Å². The van der Waals surface area contributed by atoms with Gasteiger partial charge in [-0.25, -0.2) is 23.1 Å². The number of hydrogen-bond acceptors (Lipinski definition) is 12. The second kappa shape index (κ2) is 16.4. The van der Waals surface area contributed by atoms with Gasteiger partial charge in [0.05, 0.1) is 53.9 Å². The molecule has 2 heterocycles. The lowest BCUT2D eigenvalue weighted by molar-refractivity contribution is -0.295. The number of nitrogens with one attached hydrogen (secondary N) is 1. The van der Waals surface area contributed by atoms with Crippen molar-refractivity contribution in [1.29, 1.82) is 0 Å². The Kier molecular flexibility index (Phi) is 12.8. The SMILES string of the molecule is C[C@@H]1N(C(=O)OCOC(=O)CCCCCOC(=O)c2cc(S(N)(=O)=O)c(Cl)cc2NCc2ccco2)C(C)(C)CO[C@@]1(O)c1cccc(Cl)c1. The van der Waals surface area contributed by atoms with Crippen molar-refractivity contribution in [2.24, 2.45) is 5.14 Å². The Bertz CT molecular complexity index is 1790. The number of carbonyl (C=O) groups is 3. The molecule has 1 aliphatic heterocycles. The molecule has 1 aliphatic rings. The number of halogens is 2. The molecule has 17 heteroatoms. The zero-order chi connectivity index (χ0) is 36.7. The zero-order valence-corrected chi connectivity index (χ0v) is 30.0. The summed E-state index contributed by atoms with van der Waals surface area (Å²) < 4.78 is 50.7. The average Bonchev–Trinajstić information content (AvgIpc) is 3.57. The molecule has 0 spiro atoms. The van der Waals surface area contributed by atoms with Crippen LogP contribution in [0.25, 0.3) is 0 Å². The van der Waals surface area contributed by atoms with E-state index in [1.54, 1.807) is 57.2 Å². The predicted octanol–water partition coefficient (Wildman–Crippen LogP) is 5.55. The molecule has 50 heavy (non-hydrogen) atoms. The molecule has 3 aromatic rings. The smallest absolute Gasteiger partial charge is 0.413 e. The van der Waals surface area contributed by atoms with E-state index < -0.39 is 57.1 Å². The minimum absolute atomic E-state index is 0.00914. The molecule has 0 unspecified atom stereocenters. The summed E-state index contributed by atoms with van der Waals surface area (Å²) in [5.41, 5.74) is -0.357. The van der Waals surface area contributed by atoms with Crippen molar-refractivity contribution >= 4 is 56.9 Å². The van der Waals surface area contributed by atoms with Gasteiger partial charge in [0.25, 0.3) is 0 Å². The molecule has 1 amide bonds. The highest BCUT2D eigenvalue weighted by Crippen LogP contribution is 2.40. The minimum Gasteiger partial charge on any atom is -0.467 e. The molecule has 0 bridgehead atoms. The fraction of sp³-hybridized carbons (Fsp3) is 0.424. The highest BCUT2D eigenvalue weighted by atomic mass is 35.5. The summed E-state index contributed by atoms with van der Waals surface area (Å²) in [6.45, 7) is 4.63. The number of benzene rings is 2. The number of hydrogen-bond donors (Lipinski definition) is 3. The van der Waals surface area contributed by atoms with Crippen molar-refractivity contribution in [3.63, 3.8) is 0 Å². The summed E-state index contributed by atoms with van der Waals surface area (Å²) in [6.07, 6.45) is 1.94. The molecule has 4 rings (SSSR count). The largest absolute Gasteiger partial charge is 0.467 e. The number of rotatable bonds is 14. The standard InChI is InChI=1S/C33H39Cl2N3O11S/c1-21-33(42,22-9-7-10-23(34)15-22)49-19-32(2,3)38(21)31(41)48-20-47-29(39)12-5-4-6-13-46-30(40)25-16-28(50(36,43)44)26(35)17-27(25)37-18-24-11-8-14-45-24/h7-11,14-17,21,37,42H,4-6,12-13,18-20H2,1-3H3,(H2,36,43,44)/t21-,33+/m0/s1. The first-order chi connectivity index (χ1) is 23.5. The number of nitrogens with two attached hydrogens (primary N) is 1. The van der Waals surface area contributed by atoms with Crippen molar-refractivity contribution < 1.29 is 51.3 Å². The number of sulfonamides is 1. The number of morpholine rings is 1. The third kappa shape index (κ3) is 9.68. The normalized spacial score (nSPS) is 18.7. The monoisotopic (exact) mass is 755 g/mol. The van der Waals surface area contributed by atoms with E-state index in [1.807, 2.05) is 0 Å². The number of nitrogens with zero attached hydrogens (tertiary/aromatic N) is 1. The third-order valence-electron chi connectivity index (χ3n) is 7.98. The first-order valence-electron chi connectivity index (χ1n) is 15.6. The Morgan fingerprint density at radius 2 is 1.82 bits per heavy atom. The quantitative estimate of drug-likeness (QED) is 0.106. The van der Waals surface area contributed by atoms with Gasteiger partial charge >= 0.3 is 18.0 Å². The minimum atomic E-state index is -4.23. The van der Waals surface area contributed by atoms with Gasteiger partial charge in [-0.2, -0.15) is 0 Å². The van der Waals surface area contributed by atoms with E-state index in [1.165, 1.54) is 17.2 Å². The molecule has 2 aromatic carbocycles. The van der Waals surface area contributed by atoms with Crippen LogP contribution in [0, 0.1) is 0 Å². The molecule has 272 valence electrons. The molecule has 14 nitrogen and oxygen atoms in total. The average molecular weight is 757 g/mol. The van der Waals surface area contributed by atoms with Gasteiger partial charge in [-0.15, -0.1) is 0 Å². The van der Waals surface area contributed by atoms with Gasteiger partial charge in [-0.1, -0.05) is 35.3 Å². The fourth-order valence-corrected chi connectivity index (χ4v) is 6.67. The number of esters is 2. The number of anilines is 1. The topological polar surface area (TPSA) is 197 Å². The second-order valence-electron chi connectivity index (χ2n) is 12.2. The maximum Gasteiger partial charge on any atom is 0.413 e. The van der Waals surface area contributed by atoms with Crippen LogP contribution in [-0.2, 0) is 46.1 Å². The van der Waals surface area contributed by atoms with Crippen LogP contribution >= 0.6 is 23.2 Å². The lowest BCUT2D eigenvalue weighted by Crippen LogP contribution is -2.66. The summed E-state index contributed by atoms with van der Waals surface area (Å²) >= 11 is 12.2. The number of unbranched alkanes of at least 4 members (excludes halogenated alkanes) is 2. The van der Waals surface area contributed by atoms with Crippen LogP contribution in [0.1, 0.15) is 68.1 Å². The Balaban J connectivity index is 1.21. The fourth-order valence-electron chi connectivity index (χ4n) is 5.38. The molecule has 1 fully saturated rings. The van der Waals surface area contributed by atoms with Gasteiger partial charge in [-0.05, 0) is 76.4 Å². The molecule has 0 radical (unpaired) electrons. The number of carbonyl (C=O) groups excluding carboxylic acids is 3. The van der Waals surface area contributed by atoms with Crippen LogP contribution in [0.4, 0.5) is 10.5 Å². The molecule has 0 saturated carbocycles. The van der Waals surface area contributed by atoms with Crippen molar-refractivity contribution in [3.8, 4) is 0 Å². The maximum absolute atomic E-state index is 13.1. The third-order valence-corrected chi connectivity index (χ3v) is 9.59. The van der Waals surface area contributed by atoms with Crippen molar-refractivity contribution in [1.82, 2.24) is 4.90 Å². The molecule has 0 aliphatic carbocycles. The number of primary sulfonamides is 1. The van der Waals surface area contributed by atoms with Crippen LogP contribution in [0.15, 0.2) is 64.1 Å². The van der Waals surface area contributed by atoms with Crippen LogP contribution in [0.5, 0.6) is 0 Å². The van der Waals surface area contributed by atoms with Crippen LogP contribution < -0.4 is 10.5 Å². The molecule has 4 N–H and O–H groups in total. The van der Waals surface area contributed by atoms with Crippen LogP contribution in [0.2, 0.25) is 10.0 Å². The zero-order valence-electron chi connectivity index (χ0n) is 27.6. The van der Waals surface area contributed by atoms with Crippen molar-refractivity contribution in [3.05, 3.63) is 81.7 Å². The first kappa shape index (κ1) is 38.9. The Morgan fingerprint density at radius 3 is 2.50 bits per heavy atom. The second-order valence-corrected chi connectivity index (χ2v) is 14.5. The predicted molar refractivity (Wildman–Crippen MR) is 182 cm³/mol. The molecular weight excluding hydrogens is 717 g/mol. The van der Waals surface area contributed by atoms with E-state index >= 15 is 0 Å². The molecular formula is C33H39Cl2N3O11S. The van der Waals surface area contributed by atoms with Gasteiger partial charge in [0.1, 0.15) is 10.7 Å². The molecule has 1 aromatic heterocycles. The number of furan rings is 1. The number of ether oxygens (including phenoxy) is 4. The molecule has 1 saturated heterocycles. The lowest BCUT2D eigenvalue weighted by Gasteiger charge is -2.52. The molecule has 2 atom stereocenters. The van der Waals surface area contributed by atoms with E-state index in [2.05, 4.69) is 5.32 Å². The van der Waals surface area contributed by atoms with E-state index in [-0.39, 0.29) is 42.5 Å². The summed E-state index contributed by atoms with van der Waals surface area (Å²) in [5.74, 6) is -2.71. The lowest BCUT2D eigenvalue weighted by atomic mass is 9.90. The highest BCUT2D eigenvalue weighted by molar-refractivity contribution is 7.89. The number of aliphatic hydroxyl groups is 1. The van der Waals surface area contributed by atoms with Gasteiger partial charge in [0, 0.05) is 17.0 Å². The van der Waals surface area contributed by atoms with E-state index in [0.717, 1.165) is 6.07 Å². The van der Waals surface area contributed by atoms with E-state index in [9.17, 15) is 27.9 Å². The summed E-state index contributed by atoms with van der Waals surface area (Å²) in [5, 5.41) is 19.8. The Hall–Kier alpha value is -3.86. The highest BCUT2D eigenvalue weighted by Gasteiger charge is 2.53. The summed E-state index contributed by atoms with van der Waals surface area (Å²) in [4.78, 5) is 39.2. The van der Waals surface area contributed by atoms with Gasteiger partial charge in [0.15, 0.2) is 0 Å². The Morgan fingerprint density at radius 1 is 1.06 bits per heavy atom. The Labute approximate surface area is 299 Å². The first-order valence-corrected chi connectivity index (χ1v) is 17.9. The van der Waals surface area contributed by atoms with Crippen molar-refractivity contribution in [2.45, 2.75) is 75.3 Å². The van der Waals surface area contributed by atoms with Gasteiger partial charge < -0.3 is 33.8 Å². The maximum atomic E-state index is 13.1. The van der Waals surface area contributed by atoms with E-state index in [4.69, 9.17) is 51.7 Å². The van der Waals surface area contributed by atoms with Crippen LogP contribution in [-0.4, -0.2) is 68.0 Å². The number of amides is 1. The van der Waals surface area contributed by atoms with Crippen molar-refractivity contribution in [2.75, 3.05) is 25.3 Å².